The van der Waals surface area contributed by atoms with Gasteiger partial charge in [0.05, 0.1) is 10.9 Å². The van der Waals surface area contributed by atoms with Gasteiger partial charge in [-0.25, -0.2) is 0 Å². The van der Waals surface area contributed by atoms with Crippen LogP contribution in [0.15, 0.2) is 41.8 Å². The summed E-state index contributed by atoms with van der Waals surface area (Å²) in [5.41, 5.74) is 2.09. The first-order valence-corrected chi connectivity index (χ1v) is 8.18. The molecule has 1 atom stereocenters. The Hall–Kier alpha value is -2.14. The molecule has 1 N–H and O–H groups in total. The van der Waals surface area contributed by atoms with Crippen LogP contribution in [-0.2, 0) is 11.3 Å². The van der Waals surface area contributed by atoms with Gasteiger partial charge in [0.1, 0.15) is 0 Å². The lowest BCUT2D eigenvalue weighted by Crippen LogP contribution is -2.36. The third kappa shape index (κ3) is 3.20. The molecule has 0 saturated carbocycles. The van der Waals surface area contributed by atoms with E-state index >= 15 is 0 Å². The van der Waals surface area contributed by atoms with Gasteiger partial charge in [-0.15, -0.1) is 11.3 Å². The predicted molar refractivity (Wildman–Crippen MR) is 86.8 cm³/mol. The quantitative estimate of drug-likeness (QED) is 0.943. The molecule has 0 spiro atoms. The summed E-state index contributed by atoms with van der Waals surface area (Å²) in [4.78, 5) is 26.9. The van der Waals surface area contributed by atoms with E-state index in [2.05, 4.69) is 5.32 Å². The van der Waals surface area contributed by atoms with Crippen LogP contribution in [-0.4, -0.2) is 29.3 Å². The van der Waals surface area contributed by atoms with E-state index in [0.717, 1.165) is 16.0 Å². The Morgan fingerprint density at radius 1 is 1.32 bits per heavy atom. The first kappa shape index (κ1) is 14.8. The van der Waals surface area contributed by atoms with E-state index in [1.807, 2.05) is 53.6 Å². The molecule has 22 heavy (non-hydrogen) atoms. The summed E-state index contributed by atoms with van der Waals surface area (Å²) in [6, 6.07) is 11.7. The van der Waals surface area contributed by atoms with Crippen LogP contribution in [0, 0.1) is 6.92 Å². The van der Waals surface area contributed by atoms with Crippen molar-refractivity contribution >= 4 is 23.2 Å². The Morgan fingerprint density at radius 3 is 2.77 bits per heavy atom. The van der Waals surface area contributed by atoms with Crippen LogP contribution in [0.1, 0.15) is 27.2 Å². The van der Waals surface area contributed by atoms with E-state index in [0.29, 0.717) is 19.5 Å². The molecular formula is C17H18N2O2S. The Bertz CT molecular complexity index is 681. The molecule has 2 heterocycles. The van der Waals surface area contributed by atoms with Gasteiger partial charge in [0.25, 0.3) is 5.91 Å². The van der Waals surface area contributed by atoms with Crippen LogP contribution in [0.25, 0.3) is 0 Å². The van der Waals surface area contributed by atoms with Gasteiger partial charge in [-0.1, -0.05) is 30.3 Å². The van der Waals surface area contributed by atoms with Gasteiger partial charge in [0.15, 0.2) is 0 Å². The highest BCUT2D eigenvalue weighted by atomic mass is 32.1. The number of thiophene rings is 1. The lowest BCUT2D eigenvalue weighted by atomic mass is 10.2. The topological polar surface area (TPSA) is 49.4 Å². The largest absolute Gasteiger partial charge is 0.346 e. The fourth-order valence-electron chi connectivity index (χ4n) is 2.68. The van der Waals surface area contributed by atoms with Gasteiger partial charge >= 0.3 is 0 Å². The summed E-state index contributed by atoms with van der Waals surface area (Å²) in [5, 5.41) is 4.89. The normalized spacial score (nSPS) is 17.8. The monoisotopic (exact) mass is 314 g/mol. The predicted octanol–water partition coefficient (Wildman–Crippen LogP) is 2.59. The first-order chi connectivity index (χ1) is 10.6. The van der Waals surface area contributed by atoms with Crippen LogP contribution in [0.4, 0.5) is 0 Å². The second-order valence-corrected chi connectivity index (χ2v) is 6.48. The molecule has 5 heteroatoms. The number of hydrogen-bond donors (Lipinski definition) is 1. The molecule has 1 aromatic carbocycles. The van der Waals surface area contributed by atoms with E-state index < -0.39 is 0 Å². The van der Waals surface area contributed by atoms with E-state index in [1.165, 1.54) is 11.3 Å². The van der Waals surface area contributed by atoms with Crippen molar-refractivity contribution < 1.29 is 9.59 Å². The number of nitrogens with zero attached hydrogens (tertiary/aromatic N) is 1. The minimum Gasteiger partial charge on any atom is -0.346 e. The third-order valence-corrected chi connectivity index (χ3v) is 4.85. The Labute approximate surface area is 133 Å². The van der Waals surface area contributed by atoms with Crippen molar-refractivity contribution in [3.05, 3.63) is 57.8 Å². The molecule has 2 aromatic rings. The molecule has 1 aromatic heterocycles. The zero-order valence-corrected chi connectivity index (χ0v) is 13.2. The lowest BCUT2D eigenvalue weighted by Gasteiger charge is -2.17. The van der Waals surface area contributed by atoms with Gasteiger partial charge in [-0.05, 0) is 29.5 Å². The van der Waals surface area contributed by atoms with E-state index in [1.54, 1.807) is 0 Å². The highest BCUT2D eigenvalue weighted by Crippen LogP contribution is 2.18. The maximum absolute atomic E-state index is 12.2. The number of benzene rings is 1. The minimum atomic E-state index is -0.106. The Morgan fingerprint density at radius 2 is 2.09 bits per heavy atom. The number of carbonyl (C=O) groups excluding carboxylic acids is 2. The number of carbonyl (C=O) groups is 2. The standard InChI is InChI=1S/C17H18N2O2S/c1-12-7-8-22-16(12)17(21)18-14-9-15(20)19(11-14)10-13-5-3-2-4-6-13/h2-8,14H,9-11H2,1H3,(H,18,21)/t14-/m0/s1. The number of aryl methyl sites for hydroxylation is 1. The summed E-state index contributed by atoms with van der Waals surface area (Å²) < 4.78 is 0. The second-order valence-electron chi connectivity index (χ2n) is 5.57. The average Bonchev–Trinajstić information content (AvgIpc) is 3.07. The number of likely N-dealkylation sites (tertiary alicyclic amines) is 1. The maximum Gasteiger partial charge on any atom is 0.261 e. The molecule has 1 saturated heterocycles. The number of amides is 2. The smallest absolute Gasteiger partial charge is 0.261 e. The van der Waals surface area contributed by atoms with Crippen molar-refractivity contribution in [2.45, 2.75) is 25.9 Å². The van der Waals surface area contributed by atoms with Crippen LogP contribution in [0.3, 0.4) is 0 Å². The Kier molecular flexibility index (Phi) is 4.24. The van der Waals surface area contributed by atoms with Gasteiger partial charge in [0.2, 0.25) is 5.91 Å². The summed E-state index contributed by atoms with van der Waals surface area (Å²) >= 11 is 1.43. The van der Waals surface area contributed by atoms with Gasteiger partial charge < -0.3 is 10.2 Å². The fourth-order valence-corrected chi connectivity index (χ4v) is 3.51. The highest BCUT2D eigenvalue weighted by Gasteiger charge is 2.31. The minimum absolute atomic E-state index is 0.0770. The van der Waals surface area contributed by atoms with Gasteiger partial charge in [0, 0.05) is 19.5 Å². The first-order valence-electron chi connectivity index (χ1n) is 7.30. The zero-order valence-electron chi connectivity index (χ0n) is 12.4. The van der Waals surface area contributed by atoms with Crippen LogP contribution < -0.4 is 5.32 Å². The van der Waals surface area contributed by atoms with Crippen molar-refractivity contribution in [3.8, 4) is 0 Å². The molecule has 0 aliphatic carbocycles. The van der Waals surface area contributed by atoms with Crippen LogP contribution >= 0.6 is 11.3 Å². The summed E-state index contributed by atoms with van der Waals surface area (Å²) in [6.45, 7) is 3.10. The summed E-state index contributed by atoms with van der Waals surface area (Å²) in [6.07, 6.45) is 0.378. The molecule has 114 valence electrons. The third-order valence-electron chi connectivity index (χ3n) is 3.83. The van der Waals surface area contributed by atoms with Crippen LogP contribution in [0.5, 0.6) is 0 Å². The molecule has 0 radical (unpaired) electrons. The van der Waals surface area contributed by atoms with Crippen molar-refractivity contribution in [2.75, 3.05) is 6.54 Å². The van der Waals surface area contributed by atoms with Crippen LogP contribution in [0.2, 0.25) is 0 Å². The number of nitrogens with one attached hydrogen (secondary N) is 1. The number of rotatable bonds is 4. The van der Waals surface area contributed by atoms with Crippen molar-refractivity contribution in [1.29, 1.82) is 0 Å². The molecule has 3 rings (SSSR count). The Balaban J connectivity index is 1.60. The molecule has 1 aliphatic rings. The molecule has 0 unspecified atom stereocenters. The molecule has 4 nitrogen and oxygen atoms in total. The van der Waals surface area contributed by atoms with Crippen molar-refractivity contribution in [1.82, 2.24) is 10.2 Å². The maximum atomic E-state index is 12.2. The van der Waals surface area contributed by atoms with E-state index in [9.17, 15) is 9.59 Å². The zero-order chi connectivity index (χ0) is 15.5. The van der Waals surface area contributed by atoms with Crippen molar-refractivity contribution in [2.24, 2.45) is 0 Å². The van der Waals surface area contributed by atoms with Crippen molar-refractivity contribution in [3.63, 3.8) is 0 Å². The fraction of sp³-hybridized carbons (Fsp3) is 0.294. The molecule has 0 bridgehead atoms. The summed E-state index contributed by atoms with van der Waals surface area (Å²) in [5.74, 6) is 0.0175. The SMILES string of the molecule is Cc1ccsc1C(=O)N[C@H]1CC(=O)N(Cc2ccccc2)C1. The van der Waals surface area contributed by atoms with Gasteiger partial charge in [-0.2, -0.15) is 0 Å². The average molecular weight is 314 g/mol. The highest BCUT2D eigenvalue weighted by molar-refractivity contribution is 7.12. The van der Waals surface area contributed by atoms with Gasteiger partial charge in [-0.3, -0.25) is 9.59 Å². The molecule has 2 amide bonds. The van der Waals surface area contributed by atoms with E-state index in [-0.39, 0.29) is 17.9 Å². The lowest BCUT2D eigenvalue weighted by molar-refractivity contribution is -0.128. The second kappa shape index (κ2) is 6.32. The molecule has 1 fully saturated rings. The molecule has 1 aliphatic heterocycles. The summed E-state index contributed by atoms with van der Waals surface area (Å²) in [7, 11) is 0. The molecular weight excluding hydrogens is 296 g/mol. The van der Waals surface area contributed by atoms with E-state index in [4.69, 9.17) is 0 Å². The number of hydrogen-bond acceptors (Lipinski definition) is 3.